The van der Waals surface area contributed by atoms with Crippen molar-refractivity contribution < 1.29 is 0 Å². The Bertz CT molecular complexity index is 86.7. The van der Waals surface area contributed by atoms with E-state index in [2.05, 4.69) is 41.9 Å². The molecule has 0 radical (unpaired) electrons. The maximum Gasteiger partial charge on any atom is 0.0325 e. The van der Waals surface area contributed by atoms with E-state index in [1.807, 2.05) is 0 Å². The SMILES string of the molecule is CCC/C=C/C(Br)CCC. The third kappa shape index (κ3) is 6.34. The van der Waals surface area contributed by atoms with E-state index in [0.717, 1.165) is 0 Å². The quantitative estimate of drug-likeness (QED) is 0.471. The molecule has 0 aliphatic carbocycles. The predicted molar refractivity (Wildman–Crippen MR) is 51.7 cm³/mol. The summed E-state index contributed by atoms with van der Waals surface area (Å²) < 4.78 is 0. The zero-order valence-electron chi connectivity index (χ0n) is 6.94. The zero-order valence-corrected chi connectivity index (χ0v) is 8.52. The van der Waals surface area contributed by atoms with Crippen LogP contribution in [-0.4, -0.2) is 4.83 Å². The van der Waals surface area contributed by atoms with Gasteiger partial charge >= 0.3 is 0 Å². The molecule has 0 spiro atoms. The molecule has 0 heterocycles. The molecule has 0 fully saturated rings. The summed E-state index contributed by atoms with van der Waals surface area (Å²) in [5, 5.41) is 0. The van der Waals surface area contributed by atoms with Crippen molar-refractivity contribution in [3.05, 3.63) is 12.2 Å². The maximum atomic E-state index is 3.58. The summed E-state index contributed by atoms with van der Waals surface area (Å²) in [6.07, 6.45) is 9.49. The molecule has 10 heavy (non-hydrogen) atoms. The number of hydrogen-bond acceptors (Lipinski definition) is 0. The van der Waals surface area contributed by atoms with Crippen molar-refractivity contribution in [2.75, 3.05) is 0 Å². The molecule has 0 bridgehead atoms. The standard InChI is InChI=1S/C9H17Br/c1-3-5-6-8-9(10)7-4-2/h6,8-9H,3-5,7H2,1-2H3/b8-6+. The van der Waals surface area contributed by atoms with E-state index in [1.54, 1.807) is 0 Å². The fraction of sp³-hybridized carbons (Fsp3) is 0.778. The zero-order chi connectivity index (χ0) is 7.82. The van der Waals surface area contributed by atoms with Crippen LogP contribution in [-0.2, 0) is 0 Å². The lowest BCUT2D eigenvalue weighted by molar-refractivity contribution is 0.831. The molecular formula is C9H17Br. The van der Waals surface area contributed by atoms with Gasteiger partial charge in [-0.25, -0.2) is 0 Å². The Balaban J connectivity index is 3.26. The first-order chi connectivity index (χ1) is 4.81. The van der Waals surface area contributed by atoms with E-state index in [-0.39, 0.29) is 0 Å². The molecule has 0 aromatic heterocycles. The highest BCUT2D eigenvalue weighted by molar-refractivity contribution is 9.09. The first kappa shape index (κ1) is 10.2. The van der Waals surface area contributed by atoms with Crippen LogP contribution in [0.15, 0.2) is 12.2 Å². The Morgan fingerprint density at radius 2 is 2.00 bits per heavy atom. The molecular weight excluding hydrogens is 188 g/mol. The van der Waals surface area contributed by atoms with Crippen LogP contribution in [0.5, 0.6) is 0 Å². The van der Waals surface area contributed by atoms with Gasteiger partial charge in [-0.1, -0.05) is 54.8 Å². The van der Waals surface area contributed by atoms with Crippen LogP contribution in [0.2, 0.25) is 0 Å². The van der Waals surface area contributed by atoms with Gasteiger partial charge in [0, 0.05) is 4.83 Å². The van der Waals surface area contributed by atoms with Crippen molar-refractivity contribution in [3.8, 4) is 0 Å². The van der Waals surface area contributed by atoms with Gasteiger partial charge in [-0.05, 0) is 12.8 Å². The van der Waals surface area contributed by atoms with Crippen LogP contribution in [0.25, 0.3) is 0 Å². The Labute approximate surface area is 72.8 Å². The topological polar surface area (TPSA) is 0 Å². The second-order valence-corrected chi connectivity index (χ2v) is 3.70. The number of rotatable bonds is 5. The molecule has 0 aromatic carbocycles. The van der Waals surface area contributed by atoms with Crippen LogP contribution in [0.1, 0.15) is 39.5 Å². The molecule has 0 saturated carbocycles. The maximum absolute atomic E-state index is 3.58. The molecule has 1 unspecified atom stereocenters. The summed E-state index contributed by atoms with van der Waals surface area (Å²) in [6.45, 7) is 4.41. The third-order valence-electron chi connectivity index (χ3n) is 1.36. The lowest BCUT2D eigenvalue weighted by Crippen LogP contribution is -1.89. The minimum absolute atomic E-state index is 0.601. The molecule has 0 N–H and O–H groups in total. The monoisotopic (exact) mass is 204 g/mol. The Kier molecular flexibility index (Phi) is 7.49. The van der Waals surface area contributed by atoms with Gasteiger partial charge < -0.3 is 0 Å². The Hall–Kier alpha value is 0.220. The minimum Gasteiger partial charge on any atom is -0.0874 e. The average Bonchev–Trinajstić information content (AvgIpc) is 1.89. The molecule has 60 valence electrons. The molecule has 0 nitrogen and oxygen atoms in total. The van der Waals surface area contributed by atoms with Crippen molar-refractivity contribution in [1.82, 2.24) is 0 Å². The van der Waals surface area contributed by atoms with Crippen molar-refractivity contribution in [2.24, 2.45) is 0 Å². The van der Waals surface area contributed by atoms with Crippen molar-refractivity contribution >= 4 is 15.9 Å². The molecule has 1 atom stereocenters. The van der Waals surface area contributed by atoms with Gasteiger partial charge in [-0.2, -0.15) is 0 Å². The van der Waals surface area contributed by atoms with Crippen molar-refractivity contribution in [2.45, 2.75) is 44.4 Å². The first-order valence-electron chi connectivity index (χ1n) is 4.12. The lowest BCUT2D eigenvalue weighted by atomic mass is 10.2. The van der Waals surface area contributed by atoms with Gasteiger partial charge in [0.2, 0.25) is 0 Å². The minimum atomic E-state index is 0.601. The molecule has 1 heteroatoms. The highest BCUT2D eigenvalue weighted by Crippen LogP contribution is 2.09. The van der Waals surface area contributed by atoms with Gasteiger partial charge in [0.05, 0.1) is 0 Å². The molecule has 0 saturated heterocycles. The second kappa shape index (κ2) is 7.33. The molecule has 0 amide bonds. The summed E-state index contributed by atoms with van der Waals surface area (Å²) >= 11 is 3.58. The van der Waals surface area contributed by atoms with Crippen LogP contribution in [0.4, 0.5) is 0 Å². The van der Waals surface area contributed by atoms with E-state index in [4.69, 9.17) is 0 Å². The van der Waals surface area contributed by atoms with E-state index in [0.29, 0.717) is 4.83 Å². The summed E-state index contributed by atoms with van der Waals surface area (Å²) in [4.78, 5) is 0.601. The first-order valence-corrected chi connectivity index (χ1v) is 5.03. The predicted octanol–water partition coefficient (Wildman–Crippen LogP) is 3.91. The van der Waals surface area contributed by atoms with Gasteiger partial charge in [-0.3, -0.25) is 0 Å². The number of hydrogen-bond donors (Lipinski definition) is 0. The Morgan fingerprint density at radius 1 is 1.30 bits per heavy atom. The van der Waals surface area contributed by atoms with Crippen molar-refractivity contribution in [3.63, 3.8) is 0 Å². The van der Waals surface area contributed by atoms with Gasteiger partial charge in [-0.15, -0.1) is 0 Å². The summed E-state index contributed by atoms with van der Waals surface area (Å²) in [6, 6.07) is 0. The smallest absolute Gasteiger partial charge is 0.0325 e. The van der Waals surface area contributed by atoms with Crippen LogP contribution >= 0.6 is 15.9 Å². The van der Waals surface area contributed by atoms with Crippen LogP contribution < -0.4 is 0 Å². The van der Waals surface area contributed by atoms with Gasteiger partial charge in [0.15, 0.2) is 0 Å². The highest BCUT2D eigenvalue weighted by atomic mass is 79.9. The average molecular weight is 205 g/mol. The van der Waals surface area contributed by atoms with E-state index < -0.39 is 0 Å². The summed E-state index contributed by atoms with van der Waals surface area (Å²) in [7, 11) is 0. The third-order valence-corrected chi connectivity index (χ3v) is 2.13. The fourth-order valence-corrected chi connectivity index (χ4v) is 1.46. The number of unbranched alkanes of at least 4 members (excludes halogenated alkanes) is 1. The van der Waals surface area contributed by atoms with E-state index >= 15 is 0 Å². The summed E-state index contributed by atoms with van der Waals surface area (Å²) in [5.41, 5.74) is 0. The Morgan fingerprint density at radius 3 is 2.50 bits per heavy atom. The van der Waals surface area contributed by atoms with E-state index in [9.17, 15) is 0 Å². The van der Waals surface area contributed by atoms with Crippen molar-refractivity contribution in [1.29, 1.82) is 0 Å². The molecule has 0 aromatic rings. The molecule has 0 rings (SSSR count). The largest absolute Gasteiger partial charge is 0.0874 e. The normalized spacial score (nSPS) is 14.3. The summed E-state index contributed by atoms with van der Waals surface area (Å²) in [5.74, 6) is 0. The highest BCUT2D eigenvalue weighted by Gasteiger charge is 1.93. The van der Waals surface area contributed by atoms with Crippen LogP contribution in [0, 0.1) is 0 Å². The van der Waals surface area contributed by atoms with E-state index in [1.165, 1.54) is 25.7 Å². The second-order valence-electron chi connectivity index (χ2n) is 2.52. The lowest BCUT2D eigenvalue weighted by Gasteiger charge is -1.99. The molecule has 0 aliphatic rings. The van der Waals surface area contributed by atoms with Gasteiger partial charge in [0.1, 0.15) is 0 Å². The van der Waals surface area contributed by atoms with Crippen LogP contribution in [0.3, 0.4) is 0 Å². The van der Waals surface area contributed by atoms with Gasteiger partial charge in [0.25, 0.3) is 0 Å². The number of halogens is 1. The fourth-order valence-electron chi connectivity index (χ4n) is 0.783. The number of alkyl halides is 1. The molecule has 0 aliphatic heterocycles. The number of allylic oxidation sites excluding steroid dienone is 2.